The van der Waals surface area contributed by atoms with Crippen LogP contribution in [0.5, 0.6) is 5.75 Å². The molecule has 0 radical (unpaired) electrons. The molecule has 0 spiro atoms. The molecule has 2 aromatic carbocycles. The zero-order chi connectivity index (χ0) is 18.5. The van der Waals surface area contributed by atoms with Crippen molar-refractivity contribution in [3.05, 3.63) is 86.0 Å². The van der Waals surface area contributed by atoms with Gasteiger partial charge in [-0.15, -0.1) is 11.3 Å². The van der Waals surface area contributed by atoms with E-state index in [0.29, 0.717) is 21.8 Å². The van der Waals surface area contributed by atoms with Crippen molar-refractivity contribution in [3.8, 4) is 11.8 Å². The molecule has 5 heteroatoms. The Morgan fingerprint density at radius 2 is 1.85 bits per heavy atom. The van der Waals surface area contributed by atoms with Crippen LogP contribution in [0.2, 0.25) is 0 Å². The second-order valence-electron chi connectivity index (χ2n) is 5.45. The highest BCUT2D eigenvalue weighted by Gasteiger charge is 2.14. The molecular formula is C21H14BrNO2S. The molecule has 128 valence electrons. The van der Waals surface area contributed by atoms with Crippen molar-refractivity contribution in [2.45, 2.75) is 0 Å². The van der Waals surface area contributed by atoms with Gasteiger partial charge in [-0.3, -0.25) is 4.79 Å². The third kappa shape index (κ3) is 4.10. The molecule has 3 nitrogen and oxygen atoms in total. The minimum Gasteiger partial charge on any atom is -0.497 e. The molecule has 0 aliphatic heterocycles. The first-order valence-electron chi connectivity index (χ1n) is 7.77. The van der Waals surface area contributed by atoms with Crippen molar-refractivity contribution in [2.24, 2.45) is 0 Å². The number of halogens is 1. The van der Waals surface area contributed by atoms with Gasteiger partial charge < -0.3 is 4.74 Å². The number of thiophene rings is 1. The van der Waals surface area contributed by atoms with Crippen LogP contribution in [0.3, 0.4) is 0 Å². The Labute approximate surface area is 164 Å². The van der Waals surface area contributed by atoms with E-state index in [2.05, 4.69) is 22.0 Å². The largest absolute Gasteiger partial charge is 0.497 e. The zero-order valence-corrected chi connectivity index (χ0v) is 16.3. The SMILES string of the molecule is COc1ccc(C(=O)c2ccc(/C(C#N)=C/c3cccc(Br)c3)s2)cc1. The Balaban J connectivity index is 1.88. The van der Waals surface area contributed by atoms with Crippen LogP contribution in [-0.4, -0.2) is 12.9 Å². The van der Waals surface area contributed by atoms with Crippen LogP contribution in [-0.2, 0) is 0 Å². The number of carbonyl (C=O) groups is 1. The van der Waals surface area contributed by atoms with Gasteiger partial charge in [-0.1, -0.05) is 28.1 Å². The zero-order valence-electron chi connectivity index (χ0n) is 13.9. The highest BCUT2D eigenvalue weighted by Crippen LogP contribution is 2.28. The number of rotatable bonds is 5. The molecule has 1 heterocycles. The summed E-state index contributed by atoms with van der Waals surface area (Å²) < 4.78 is 6.06. The summed E-state index contributed by atoms with van der Waals surface area (Å²) in [5.41, 5.74) is 2.04. The Kier molecular flexibility index (Phi) is 5.67. The van der Waals surface area contributed by atoms with Crippen LogP contribution >= 0.6 is 27.3 Å². The number of ketones is 1. The predicted molar refractivity (Wildman–Crippen MR) is 108 cm³/mol. The normalized spacial score (nSPS) is 11.0. The lowest BCUT2D eigenvalue weighted by molar-refractivity contribution is 0.104. The quantitative estimate of drug-likeness (QED) is 0.383. The molecule has 0 aliphatic rings. The topological polar surface area (TPSA) is 50.1 Å². The Morgan fingerprint density at radius 3 is 2.50 bits per heavy atom. The van der Waals surface area contributed by atoms with Gasteiger partial charge in [0.05, 0.1) is 17.6 Å². The van der Waals surface area contributed by atoms with Gasteiger partial charge >= 0.3 is 0 Å². The van der Waals surface area contributed by atoms with Gasteiger partial charge in [0.1, 0.15) is 11.8 Å². The average molecular weight is 424 g/mol. The summed E-state index contributed by atoms with van der Waals surface area (Å²) in [4.78, 5) is 14.0. The molecule has 0 amide bonds. The van der Waals surface area contributed by atoms with E-state index in [0.717, 1.165) is 14.9 Å². The summed E-state index contributed by atoms with van der Waals surface area (Å²) in [5.74, 6) is 0.640. The van der Waals surface area contributed by atoms with Crippen molar-refractivity contribution in [3.63, 3.8) is 0 Å². The number of hydrogen-bond acceptors (Lipinski definition) is 4. The molecule has 0 saturated carbocycles. The maximum atomic E-state index is 12.6. The van der Waals surface area contributed by atoms with E-state index >= 15 is 0 Å². The van der Waals surface area contributed by atoms with Gasteiger partial charge in [-0.2, -0.15) is 5.26 Å². The van der Waals surface area contributed by atoms with Gasteiger partial charge in [-0.25, -0.2) is 0 Å². The molecule has 3 aromatic rings. The van der Waals surface area contributed by atoms with E-state index in [1.54, 1.807) is 37.4 Å². The summed E-state index contributed by atoms with van der Waals surface area (Å²) >= 11 is 4.74. The summed E-state index contributed by atoms with van der Waals surface area (Å²) in [6.45, 7) is 0. The fraction of sp³-hybridized carbons (Fsp3) is 0.0476. The van der Waals surface area contributed by atoms with Crippen LogP contribution in [0.25, 0.3) is 11.6 Å². The number of ether oxygens (including phenoxy) is 1. The summed E-state index contributed by atoms with van der Waals surface area (Å²) in [6, 6.07) is 20.5. The predicted octanol–water partition coefficient (Wildman–Crippen LogP) is 5.81. The van der Waals surface area contributed by atoms with E-state index in [9.17, 15) is 10.1 Å². The number of benzene rings is 2. The molecule has 0 bridgehead atoms. The van der Waals surface area contributed by atoms with E-state index in [1.165, 1.54) is 11.3 Å². The van der Waals surface area contributed by atoms with E-state index in [-0.39, 0.29) is 5.78 Å². The molecule has 0 aliphatic carbocycles. The standard InChI is InChI=1S/C21H14BrNO2S/c1-25-18-7-5-15(6-8-18)21(24)20-10-9-19(26-20)16(13-23)11-14-3-2-4-17(22)12-14/h2-12H,1H3/b16-11+. The number of nitrogens with zero attached hydrogens (tertiary/aromatic N) is 1. The molecule has 0 N–H and O–H groups in total. The van der Waals surface area contributed by atoms with Crippen molar-refractivity contribution in [1.82, 2.24) is 0 Å². The fourth-order valence-corrected chi connectivity index (χ4v) is 3.76. The summed E-state index contributed by atoms with van der Waals surface area (Å²) in [7, 11) is 1.59. The van der Waals surface area contributed by atoms with E-state index in [1.807, 2.05) is 36.4 Å². The molecule has 0 unspecified atom stereocenters. The molecule has 0 saturated heterocycles. The second kappa shape index (κ2) is 8.13. The van der Waals surface area contributed by atoms with Gasteiger partial charge in [0.15, 0.2) is 0 Å². The summed E-state index contributed by atoms with van der Waals surface area (Å²) in [6.07, 6.45) is 1.82. The van der Waals surface area contributed by atoms with Gasteiger partial charge in [0.25, 0.3) is 0 Å². The van der Waals surface area contributed by atoms with Crippen LogP contribution in [0.15, 0.2) is 65.1 Å². The van der Waals surface area contributed by atoms with Gasteiger partial charge in [0.2, 0.25) is 5.78 Å². The lowest BCUT2D eigenvalue weighted by Crippen LogP contribution is -1.98. The highest BCUT2D eigenvalue weighted by atomic mass is 79.9. The molecule has 0 atom stereocenters. The number of carbonyl (C=O) groups excluding carboxylic acids is 1. The number of allylic oxidation sites excluding steroid dienone is 1. The Bertz CT molecular complexity index is 1010. The number of hydrogen-bond donors (Lipinski definition) is 0. The van der Waals surface area contributed by atoms with Crippen molar-refractivity contribution < 1.29 is 9.53 Å². The van der Waals surface area contributed by atoms with E-state index < -0.39 is 0 Å². The fourth-order valence-electron chi connectivity index (χ4n) is 2.41. The Hall–Kier alpha value is -2.68. The summed E-state index contributed by atoms with van der Waals surface area (Å²) in [5, 5.41) is 9.51. The first-order chi connectivity index (χ1) is 12.6. The first kappa shape index (κ1) is 18.1. The minimum atomic E-state index is -0.0661. The lowest BCUT2D eigenvalue weighted by atomic mass is 10.1. The smallest absolute Gasteiger partial charge is 0.202 e. The van der Waals surface area contributed by atoms with Crippen LogP contribution in [0.1, 0.15) is 25.7 Å². The highest BCUT2D eigenvalue weighted by molar-refractivity contribution is 9.10. The second-order valence-corrected chi connectivity index (χ2v) is 7.45. The molecule has 26 heavy (non-hydrogen) atoms. The van der Waals surface area contributed by atoms with Crippen molar-refractivity contribution >= 4 is 44.7 Å². The van der Waals surface area contributed by atoms with E-state index in [4.69, 9.17) is 4.74 Å². The minimum absolute atomic E-state index is 0.0661. The van der Waals surface area contributed by atoms with Crippen LogP contribution < -0.4 is 4.74 Å². The first-order valence-corrected chi connectivity index (χ1v) is 9.38. The third-order valence-corrected chi connectivity index (χ3v) is 5.34. The molecule has 0 fully saturated rings. The van der Waals surface area contributed by atoms with Gasteiger partial charge in [0, 0.05) is 14.9 Å². The van der Waals surface area contributed by atoms with Gasteiger partial charge in [-0.05, 0) is 60.2 Å². The monoisotopic (exact) mass is 423 g/mol. The van der Waals surface area contributed by atoms with Crippen LogP contribution in [0, 0.1) is 11.3 Å². The number of nitriles is 1. The maximum absolute atomic E-state index is 12.6. The molecule has 3 rings (SSSR count). The van der Waals surface area contributed by atoms with Crippen LogP contribution in [0.4, 0.5) is 0 Å². The lowest BCUT2D eigenvalue weighted by Gasteiger charge is -2.01. The average Bonchev–Trinajstić information content (AvgIpc) is 3.15. The van der Waals surface area contributed by atoms with Crippen molar-refractivity contribution in [1.29, 1.82) is 5.26 Å². The molecule has 1 aromatic heterocycles. The van der Waals surface area contributed by atoms with Crippen molar-refractivity contribution in [2.75, 3.05) is 7.11 Å². The third-order valence-electron chi connectivity index (χ3n) is 3.73. The number of methoxy groups -OCH3 is 1. The molecular weight excluding hydrogens is 410 g/mol. The Morgan fingerprint density at radius 1 is 1.12 bits per heavy atom. The maximum Gasteiger partial charge on any atom is 0.202 e.